The standard InChI is InChI=1S/C18H14FN3O/c19-14-7-9-16(10-8-14)22(13-15-5-1-3-11-20-15)18(23)17-6-2-4-12-21-17/h1-12H,13H2. The molecule has 5 heteroatoms. The predicted molar refractivity (Wildman–Crippen MR) is 85.4 cm³/mol. The summed E-state index contributed by atoms with van der Waals surface area (Å²) < 4.78 is 13.2. The highest BCUT2D eigenvalue weighted by molar-refractivity contribution is 6.04. The highest BCUT2D eigenvalue weighted by Crippen LogP contribution is 2.19. The normalized spacial score (nSPS) is 10.3. The van der Waals surface area contributed by atoms with Crippen LogP contribution in [0.2, 0.25) is 0 Å². The summed E-state index contributed by atoms with van der Waals surface area (Å²) in [7, 11) is 0. The summed E-state index contributed by atoms with van der Waals surface area (Å²) in [6.07, 6.45) is 3.24. The van der Waals surface area contributed by atoms with Crippen LogP contribution in [0.1, 0.15) is 16.2 Å². The van der Waals surface area contributed by atoms with E-state index in [9.17, 15) is 9.18 Å². The van der Waals surface area contributed by atoms with Gasteiger partial charge in [0.05, 0.1) is 12.2 Å². The molecular formula is C18H14FN3O. The highest BCUT2D eigenvalue weighted by atomic mass is 19.1. The van der Waals surface area contributed by atoms with E-state index in [1.54, 1.807) is 42.7 Å². The molecule has 3 rings (SSSR count). The van der Waals surface area contributed by atoms with Crippen LogP contribution in [0, 0.1) is 5.82 Å². The zero-order chi connectivity index (χ0) is 16.1. The molecule has 0 fully saturated rings. The maximum Gasteiger partial charge on any atom is 0.277 e. The maximum absolute atomic E-state index is 13.2. The summed E-state index contributed by atoms with van der Waals surface area (Å²) in [6, 6.07) is 16.4. The largest absolute Gasteiger partial charge is 0.301 e. The lowest BCUT2D eigenvalue weighted by molar-refractivity contribution is 0.0980. The van der Waals surface area contributed by atoms with E-state index in [1.165, 1.54) is 17.0 Å². The molecule has 0 N–H and O–H groups in total. The molecule has 0 radical (unpaired) electrons. The summed E-state index contributed by atoms with van der Waals surface area (Å²) in [6.45, 7) is 0.280. The second-order valence-electron chi connectivity index (χ2n) is 4.90. The van der Waals surface area contributed by atoms with Crippen LogP contribution < -0.4 is 4.90 Å². The lowest BCUT2D eigenvalue weighted by Crippen LogP contribution is -2.31. The van der Waals surface area contributed by atoms with Crippen LogP contribution in [-0.2, 0) is 6.54 Å². The van der Waals surface area contributed by atoms with Gasteiger partial charge in [-0.3, -0.25) is 14.8 Å². The number of rotatable bonds is 4. The number of aromatic nitrogens is 2. The number of hydrogen-bond donors (Lipinski definition) is 0. The van der Waals surface area contributed by atoms with Gasteiger partial charge in [0.2, 0.25) is 0 Å². The van der Waals surface area contributed by atoms with Crippen LogP contribution in [0.25, 0.3) is 0 Å². The minimum absolute atomic E-state index is 0.261. The van der Waals surface area contributed by atoms with Crippen molar-refractivity contribution in [3.05, 3.63) is 90.3 Å². The Morgan fingerprint density at radius 2 is 1.61 bits per heavy atom. The smallest absolute Gasteiger partial charge is 0.277 e. The minimum Gasteiger partial charge on any atom is -0.301 e. The quantitative estimate of drug-likeness (QED) is 0.741. The van der Waals surface area contributed by atoms with Crippen molar-refractivity contribution in [2.24, 2.45) is 0 Å². The van der Waals surface area contributed by atoms with Crippen molar-refractivity contribution in [1.29, 1.82) is 0 Å². The van der Waals surface area contributed by atoms with E-state index < -0.39 is 0 Å². The van der Waals surface area contributed by atoms with Gasteiger partial charge in [0, 0.05) is 18.1 Å². The molecule has 0 aliphatic carbocycles. The van der Waals surface area contributed by atoms with Gasteiger partial charge in [0.15, 0.2) is 0 Å². The molecule has 0 unspecified atom stereocenters. The Bertz CT molecular complexity index is 776. The monoisotopic (exact) mass is 307 g/mol. The SMILES string of the molecule is O=C(c1ccccn1)N(Cc1ccccn1)c1ccc(F)cc1. The topological polar surface area (TPSA) is 46.1 Å². The molecule has 4 nitrogen and oxygen atoms in total. The Morgan fingerprint density at radius 3 is 2.22 bits per heavy atom. The van der Waals surface area contributed by atoms with E-state index in [2.05, 4.69) is 9.97 Å². The Kier molecular flexibility index (Phi) is 4.38. The van der Waals surface area contributed by atoms with Gasteiger partial charge in [-0.2, -0.15) is 0 Å². The van der Waals surface area contributed by atoms with Crippen LogP contribution in [0.5, 0.6) is 0 Å². The van der Waals surface area contributed by atoms with Crippen molar-refractivity contribution >= 4 is 11.6 Å². The molecule has 2 heterocycles. The number of pyridine rings is 2. The van der Waals surface area contributed by atoms with Gasteiger partial charge < -0.3 is 4.90 Å². The lowest BCUT2D eigenvalue weighted by Gasteiger charge is -2.22. The number of nitrogens with zero attached hydrogens (tertiary/aromatic N) is 3. The van der Waals surface area contributed by atoms with Gasteiger partial charge in [-0.1, -0.05) is 12.1 Å². The zero-order valence-corrected chi connectivity index (χ0v) is 12.3. The van der Waals surface area contributed by atoms with Gasteiger partial charge in [-0.15, -0.1) is 0 Å². The molecule has 2 aromatic heterocycles. The van der Waals surface area contributed by atoms with Crippen molar-refractivity contribution < 1.29 is 9.18 Å². The Balaban J connectivity index is 1.96. The number of carbonyl (C=O) groups excluding carboxylic acids is 1. The van der Waals surface area contributed by atoms with Crippen molar-refractivity contribution in [3.8, 4) is 0 Å². The molecule has 1 amide bonds. The average Bonchev–Trinajstić information content (AvgIpc) is 2.62. The van der Waals surface area contributed by atoms with Crippen molar-refractivity contribution in [1.82, 2.24) is 9.97 Å². The molecule has 0 saturated carbocycles. The molecule has 1 aromatic carbocycles. The molecular weight excluding hydrogens is 293 g/mol. The molecule has 3 aromatic rings. The number of halogens is 1. The average molecular weight is 307 g/mol. The van der Waals surface area contributed by atoms with E-state index in [1.807, 2.05) is 18.2 Å². The summed E-state index contributed by atoms with van der Waals surface area (Å²) in [5.74, 6) is -0.611. The molecule has 0 aliphatic heterocycles. The Morgan fingerprint density at radius 1 is 0.913 bits per heavy atom. The second-order valence-corrected chi connectivity index (χ2v) is 4.90. The first kappa shape index (κ1) is 14.8. The summed E-state index contributed by atoms with van der Waals surface area (Å²) >= 11 is 0. The highest BCUT2D eigenvalue weighted by Gasteiger charge is 2.19. The first-order chi connectivity index (χ1) is 11.2. The van der Waals surface area contributed by atoms with Gasteiger partial charge >= 0.3 is 0 Å². The summed E-state index contributed by atoms with van der Waals surface area (Å²) in [5.41, 5.74) is 1.65. The maximum atomic E-state index is 13.2. The third kappa shape index (κ3) is 3.58. The number of hydrogen-bond acceptors (Lipinski definition) is 3. The number of benzene rings is 1. The van der Waals surface area contributed by atoms with Crippen LogP contribution in [0.4, 0.5) is 10.1 Å². The first-order valence-corrected chi connectivity index (χ1v) is 7.12. The van der Waals surface area contributed by atoms with E-state index in [4.69, 9.17) is 0 Å². The summed E-state index contributed by atoms with van der Waals surface area (Å²) in [4.78, 5) is 22.7. The molecule has 114 valence electrons. The fourth-order valence-corrected chi connectivity index (χ4v) is 2.18. The molecule has 0 aliphatic rings. The van der Waals surface area contributed by atoms with Gasteiger partial charge in [0.1, 0.15) is 11.5 Å². The zero-order valence-electron chi connectivity index (χ0n) is 12.3. The Labute approximate surface area is 133 Å². The van der Waals surface area contributed by atoms with Crippen molar-refractivity contribution in [2.75, 3.05) is 4.90 Å². The van der Waals surface area contributed by atoms with Gasteiger partial charge in [-0.25, -0.2) is 4.39 Å². The second kappa shape index (κ2) is 6.79. The van der Waals surface area contributed by atoms with Crippen LogP contribution in [0.3, 0.4) is 0 Å². The van der Waals surface area contributed by atoms with E-state index in [0.29, 0.717) is 11.4 Å². The number of anilines is 1. The van der Waals surface area contributed by atoms with Crippen LogP contribution in [0.15, 0.2) is 73.1 Å². The molecule has 0 atom stereocenters. The van der Waals surface area contributed by atoms with E-state index >= 15 is 0 Å². The third-order valence-corrected chi connectivity index (χ3v) is 3.31. The fourth-order valence-electron chi connectivity index (χ4n) is 2.18. The van der Waals surface area contributed by atoms with Crippen molar-refractivity contribution in [3.63, 3.8) is 0 Å². The number of amides is 1. The van der Waals surface area contributed by atoms with E-state index in [0.717, 1.165) is 5.69 Å². The number of carbonyl (C=O) groups is 1. The van der Waals surface area contributed by atoms with Crippen LogP contribution in [-0.4, -0.2) is 15.9 Å². The molecule has 0 spiro atoms. The molecule has 23 heavy (non-hydrogen) atoms. The predicted octanol–water partition coefficient (Wildman–Crippen LogP) is 3.46. The van der Waals surface area contributed by atoms with E-state index in [-0.39, 0.29) is 18.3 Å². The minimum atomic E-state index is -0.350. The molecule has 0 saturated heterocycles. The lowest BCUT2D eigenvalue weighted by atomic mass is 10.2. The third-order valence-electron chi connectivity index (χ3n) is 3.31. The van der Waals surface area contributed by atoms with Gasteiger partial charge in [-0.05, 0) is 48.5 Å². The first-order valence-electron chi connectivity index (χ1n) is 7.12. The fraction of sp³-hybridized carbons (Fsp3) is 0.0556. The summed E-state index contributed by atoms with van der Waals surface area (Å²) in [5, 5.41) is 0. The Hall–Kier alpha value is -3.08. The van der Waals surface area contributed by atoms with Crippen molar-refractivity contribution in [2.45, 2.75) is 6.54 Å². The van der Waals surface area contributed by atoms with Crippen LogP contribution >= 0.6 is 0 Å². The molecule has 0 bridgehead atoms. The van der Waals surface area contributed by atoms with Gasteiger partial charge in [0.25, 0.3) is 5.91 Å².